The van der Waals surface area contributed by atoms with Crippen molar-refractivity contribution in [2.75, 3.05) is 30.7 Å². The second-order valence-electron chi connectivity index (χ2n) is 3.72. The van der Waals surface area contributed by atoms with E-state index in [0.29, 0.717) is 17.1 Å². The van der Waals surface area contributed by atoms with Gasteiger partial charge in [-0.1, -0.05) is 0 Å². The number of carbonyl (C=O) groups is 1. The fourth-order valence-electron chi connectivity index (χ4n) is 1.09. The average molecular weight is 257 g/mol. The Morgan fingerprint density at radius 2 is 2.12 bits per heavy atom. The van der Waals surface area contributed by atoms with E-state index < -0.39 is 15.5 Å². The first-order valence-electron chi connectivity index (χ1n) is 4.73. The van der Waals surface area contributed by atoms with Gasteiger partial charge in [-0.15, -0.1) is 4.91 Å². The molecule has 0 radical (unpaired) electrons. The van der Waals surface area contributed by atoms with Crippen molar-refractivity contribution in [3.8, 4) is 5.75 Å². The van der Waals surface area contributed by atoms with Crippen LogP contribution in [0.3, 0.4) is 0 Å². The van der Waals surface area contributed by atoms with Crippen LogP contribution in [0.2, 0.25) is 0 Å². The molecule has 1 rings (SSSR count). The van der Waals surface area contributed by atoms with Crippen molar-refractivity contribution in [2.24, 2.45) is 4.58 Å². The summed E-state index contributed by atoms with van der Waals surface area (Å²) in [6.45, 7) is 0. The standard InChI is InChI=1S/C10H15N3O3S/c1-16-9-5-4-7(11)6-8(9)12-10(14)17(2,3)13-15/h4-6H,11H2,1-3H3,(H,12,14). The first-order valence-corrected chi connectivity index (χ1v) is 7.14. The van der Waals surface area contributed by atoms with E-state index in [1.165, 1.54) is 19.6 Å². The number of amides is 1. The van der Waals surface area contributed by atoms with Crippen molar-refractivity contribution in [2.45, 2.75) is 0 Å². The van der Waals surface area contributed by atoms with Crippen molar-refractivity contribution in [3.63, 3.8) is 0 Å². The monoisotopic (exact) mass is 257 g/mol. The molecule has 3 N–H and O–H groups in total. The summed E-state index contributed by atoms with van der Waals surface area (Å²) in [6, 6.07) is 4.86. The quantitative estimate of drug-likeness (QED) is 0.642. The van der Waals surface area contributed by atoms with Crippen LogP contribution in [0.4, 0.5) is 16.2 Å². The number of nitrogens with one attached hydrogen (secondary N) is 1. The molecule has 0 aliphatic heterocycles. The number of benzene rings is 1. The van der Waals surface area contributed by atoms with Crippen molar-refractivity contribution in [1.29, 1.82) is 0 Å². The van der Waals surface area contributed by atoms with E-state index in [2.05, 4.69) is 9.90 Å². The largest absolute Gasteiger partial charge is 0.495 e. The van der Waals surface area contributed by atoms with Gasteiger partial charge >= 0.3 is 0 Å². The first-order chi connectivity index (χ1) is 7.90. The number of nitrogen functional groups attached to an aromatic ring is 1. The highest BCUT2D eigenvalue weighted by Crippen LogP contribution is 2.43. The number of anilines is 2. The van der Waals surface area contributed by atoms with Gasteiger partial charge in [-0.2, -0.15) is 0 Å². The smallest absolute Gasteiger partial charge is 0.287 e. The van der Waals surface area contributed by atoms with Gasteiger partial charge in [0.25, 0.3) is 5.24 Å². The predicted molar refractivity (Wildman–Crippen MR) is 71.7 cm³/mol. The Labute approximate surface area is 101 Å². The third-order valence-electron chi connectivity index (χ3n) is 2.10. The molecule has 7 heteroatoms. The molecule has 6 nitrogen and oxygen atoms in total. The summed E-state index contributed by atoms with van der Waals surface area (Å²) < 4.78 is 7.92. The third-order valence-corrected chi connectivity index (χ3v) is 3.48. The number of hydrogen-bond acceptors (Lipinski definition) is 5. The summed E-state index contributed by atoms with van der Waals surface area (Å²) in [5.41, 5.74) is 6.54. The minimum atomic E-state index is -2.21. The number of carbonyl (C=O) groups excluding carboxylic acids is 1. The van der Waals surface area contributed by atoms with E-state index in [9.17, 15) is 9.70 Å². The second kappa shape index (κ2) is 5.05. The average Bonchev–Trinajstić information content (AvgIpc) is 2.29. The van der Waals surface area contributed by atoms with Gasteiger partial charge in [-0.05, 0) is 45.5 Å². The van der Waals surface area contributed by atoms with Crippen LogP contribution < -0.4 is 15.8 Å². The molecule has 0 saturated heterocycles. The molecule has 0 atom stereocenters. The summed E-state index contributed by atoms with van der Waals surface area (Å²) in [5.74, 6) is 0.480. The number of nitrogens with zero attached hydrogens (tertiary/aromatic N) is 1. The summed E-state index contributed by atoms with van der Waals surface area (Å²) in [5, 5.41) is 2.16. The zero-order valence-corrected chi connectivity index (χ0v) is 10.7. The van der Waals surface area contributed by atoms with Gasteiger partial charge in [-0.3, -0.25) is 4.79 Å². The maximum absolute atomic E-state index is 11.8. The van der Waals surface area contributed by atoms with Crippen LogP contribution in [0.15, 0.2) is 22.8 Å². The Hall–Kier alpha value is -1.76. The zero-order valence-electron chi connectivity index (χ0n) is 9.89. The lowest BCUT2D eigenvalue weighted by Crippen LogP contribution is -2.16. The van der Waals surface area contributed by atoms with Crippen molar-refractivity contribution in [1.82, 2.24) is 0 Å². The van der Waals surface area contributed by atoms with Gasteiger partial charge in [0.1, 0.15) is 5.75 Å². The number of hydrogen-bond donors (Lipinski definition) is 2. The van der Waals surface area contributed by atoms with Gasteiger partial charge < -0.3 is 15.8 Å². The van der Waals surface area contributed by atoms with Crippen molar-refractivity contribution >= 4 is 26.8 Å². The number of rotatable bonds is 3. The highest BCUT2D eigenvalue weighted by atomic mass is 32.3. The van der Waals surface area contributed by atoms with Gasteiger partial charge in [0.2, 0.25) is 0 Å². The molecule has 0 bridgehead atoms. The molecule has 0 aliphatic rings. The Balaban J connectivity index is 2.99. The lowest BCUT2D eigenvalue weighted by molar-refractivity contribution is 0.269. The van der Waals surface area contributed by atoms with Crippen LogP contribution in [0.25, 0.3) is 0 Å². The molecule has 1 aromatic rings. The molecule has 0 spiro atoms. The van der Waals surface area contributed by atoms with E-state index in [4.69, 9.17) is 10.5 Å². The highest BCUT2D eigenvalue weighted by Gasteiger charge is 2.23. The Morgan fingerprint density at radius 1 is 1.47 bits per heavy atom. The normalized spacial score (nSPS) is 11.7. The van der Waals surface area contributed by atoms with Gasteiger partial charge in [-0.25, -0.2) is 0 Å². The molecule has 0 heterocycles. The van der Waals surface area contributed by atoms with Crippen molar-refractivity contribution < 1.29 is 9.53 Å². The molecule has 1 aromatic carbocycles. The van der Waals surface area contributed by atoms with Crippen LogP contribution in [-0.2, 0) is 0 Å². The fourth-order valence-corrected chi connectivity index (χ4v) is 1.52. The highest BCUT2D eigenvalue weighted by molar-refractivity contribution is 8.43. The molecule has 1 amide bonds. The summed E-state index contributed by atoms with van der Waals surface area (Å²) in [4.78, 5) is 22.3. The molecule has 17 heavy (non-hydrogen) atoms. The summed E-state index contributed by atoms with van der Waals surface area (Å²) in [6.07, 6.45) is 3.02. The van der Waals surface area contributed by atoms with E-state index in [1.807, 2.05) is 0 Å². The second-order valence-corrected chi connectivity index (χ2v) is 6.79. The molecular weight excluding hydrogens is 242 g/mol. The Bertz CT molecular complexity index is 448. The number of ether oxygens (including phenoxy) is 1. The van der Waals surface area contributed by atoms with Gasteiger partial charge in [0.05, 0.1) is 12.8 Å². The van der Waals surface area contributed by atoms with E-state index in [-0.39, 0.29) is 0 Å². The Kier molecular flexibility index (Phi) is 3.95. The summed E-state index contributed by atoms with van der Waals surface area (Å²) in [7, 11) is -0.728. The lowest BCUT2D eigenvalue weighted by Gasteiger charge is -2.20. The van der Waals surface area contributed by atoms with Crippen LogP contribution in [-0.4, -0.2) is 24.9 Å². The Morgan fingerprint density at radius 3 is 2.65 bits per heavy atom. The molecule has 0 saturated carbocycles. The van der Waals surface area contributed by atoms with Crippen molar-refractivity contribution in [3.05, 3.63) is 23.1 Å². The third kappa shape index (κ3) is 3.10. The molecule has 0 fully saturated rings. The number of nitroso groups, excluding NO2 is 1. The lowest BCUT2D eigenvalue weighted by atomic mass is 10.2. The van der Waals surface area contributed by atoms with E-state index in [1.54, 1.807) is 18.2 Å². The molecule has 0 unspecified atom stereocenters. The fraction of sp³-hybridized carbons (Fsp3) is 0.300. The minimum absolute atomic E-state index is 0.432. The van der Waals surface area contributed by atoms with Crippen LogP contribution >= 0.6 is 10.2 Å². The number of methoxy groups -OCH3 is 1. The van der Waals surface area contributed by atoms with E-state index in [0.717, 1.165) is 0 Å². The topological polar surface area (TPSA) is 93.8 Å². The predicted octanol–water partition coefficient (Wildman–Crippen LogP) is 2.55. The maximum Gasteiger partial charge on any atom is 0.287 e. The summed E-state index contributed by atoms with van der Waals surface area (Å²) >= 11 is 0. The minimum Gasteiger partial charge on any atom is -0.495 e. The van der Waals surface area contributed by atoms with Crippen LogP contribution in [0, 0.1) is 4.91 Å². The van der Waals surface area contributed by atoms with E-state index >= 15 is 0 Å². The number of nitrogens with two attached hydrogens (primary N) is 1. The maximum atomic E-state index is 11.8. The first kappa shape index (κ1) is 13.3. The molecule has 0 aliphatic carbocycles. The molecule has 94 valence electrons. The van der Waals surface area contributed by atoms with Crippen LogP contribution in [0.1, 0.15) is 0 Å². The van der Waals surface area contributed by atoms with Crippen LogP contribution in [0.5, 0.6) is 5.75 Å². The van der Waals surface area contributed by atoms with Gasteiger partial charge in [0, 0.05) is 5.69 Å². The van der Waals surface area contributed by atoms with Gasteiger partial charge in [0.15, 0.2) is 0 Å². The SMILES string of the molecule is COc1ccc(N)cc1NC(=O)S(C)(C)N=O. The molecular formula is C10H15N3O3S. The molecule has 0 aromatic heterocycles. The zero-order chi connectivity index (χ0) is 13.1.